The Bertz CT molecular complexity index is 829. The Kier molecular flexibility index (Phi) is 4.36. The highest BCUT2D eigenvalue weighted by molar-refractivity contribution is 5.95. The highest BCUT2D eigenvalue weighted by Gasteiger charge is 2.44. The van der Waals surface area contributed by atoms with Crippen molar-refractivity contribution in [3.05, 3.63) is 59.9 Å². The monoisotopic (exact) mass is 354 g/mol. The largest absolute Gasteiger partial charge is 0.338 e. The molecule has 2 fully saturated rings. The van der Waals surface area contributed by atoms with Crippen LogP contribution in [0.4, 0.5) is 4.39 Å². The minimum absolute atomic E-state index is 0.0845. The van der Waals surface area contributed by atoms with Gasteiger partial charge in [0.05, 0.1) is 5.92 Å². The number of halogens is 1. The van der Waals surface area contributed by atoms with Gasteiger partial charge in [0.15, 0.2) is 0 Å². The van der Waals surface area contributed by atoms with Gasteiger partial charge in [-0.3, -0.25) is 14.6 Å². The first kappa shape index (κ1) is 16.6. The van der Waals surface area contributed by atoms with E-state index in [1.54, 1.807) is 17.3 Å². The molecule has 6 nitrogen and oxygen atoms in total. The van der Waals surface area contributed by atoms with Crippen molar-refractivity contribution in [3.63, 3.8) is 0 Å². The number of piperidine rings is 1. The van der Waals surface area contributed by atoms with Gasteiger partial charge in [-0.05, 0) is 30.0 Å². The molecule has 0 radical (unpaired) electrons. The highest BCUT2D eigenvalue weighted by Crippen LogP contribution is 2.33. The van der Waals surface area contributed by atoms with E-state index in [1.165, 1.54) is 12.3 Å². The molecule has 2 aliphatic rings. The molecule has 0 aromatic carbocycles. The average molecular weight is 354 g/mol. The molecule has 7 heteroatoms. The van der Waals surface area contributed by atoms with Crippen LogP contribution in [0.25, 0.3) is 0 Å². The van der Waals surface area contributed by atoms with Crippen LogP contribution in [-0.4, -0.2) is 51.2 Å². The summed E-state index contributed by atoms with van der Waals surface area (Å²) in [7, 11) is 0. The third-order valence-electron chi connectivity index (χ3n) is 5.20. The average Bonchev–Trinajstić information content (AvgIpc) is 3.09. The van der Waals surface area contributed by atoms with Gasteiger partial charge in [-0.25, -0.2) is 4.98 Å². The number of pyridine rings is 2. The number of fused-ring (bicyclic) bond motifs is 1. The summed E-state index contributed by atoms with van der Waals surface area (Å²) in [4.78, 5) is 36.6. The molecule has 0 bridgehead atoms. The van der Waals surface area contributed by atoms with Crippen molar-refractivity contribution < 1.29 is 14.0 Å². The van der Waals surface area contributed by atoms with Crippen LogP contribution in [0.5, 0.6) is 0 Å². The first-order valence-electron chi connectivity index (χ1n) is 8.70. The van der Waals surface area contributed by atoms with Crippen molar-refractivity contribution in [1.82, 2.24) is 19.8 Å². The Morgan fingerprint density at radius 1 is 1.27 bits per heavy atom. The van der Waals surface area contributed by atoms with E-state index < -0.39 is 5.95 Å². The molecule has 4 heterocycles. The molecule has 26 heavy (non-hydrogen) atoms. The van der Waals surface area contributed by atoms with Gasteiger partial charge in [0, 0.05) is 56.4 Å². The Hall–Kier alpha value is -2.83. The second kappa shape index (κ2) is 6.82. The molecular weight excluding hydrogens is 335 g/mol. The second-order valence-corrected chi connectivity index (χ2v) is 6.85. The van der Waals surface area contributed by atoms with Crippen LogP contribution in [0.2, 0.25) is 0 Å². The van der Waals surface area contributed by atoms with Crippen molar-refractivity contribution in [2.24, 2.45) is 11.8 Å². The molecule has 0 N–H and O–H groups in total. The lowest BCUT2D eigenvalue weighted by Gasteiger charge is -2.33. The summed E-state index contributed by atoms with van der Waals surface area (Å²) in [5.41, 5.74) is 1.27. The third kappa shape index (κ3) is 3.16. The lowest BCUT2D eigenvalue weighted by atomic mass is 9.88. The third-order valence-corrected chi connectivity index (χ3v) is 5.20. The van der Waals surface area contributed by atoms with Crippen molar-refractivity contribution in [3.8, 4) is 0 Å². The Labute approximate surface area is 150 Å². The van der Waals surface area contributed by atoms with Crippen LogP contribution in [0.3, 0.4) is 0 Å². The van der Waals surface area contributed by atoms with E-state index in [4.69, 9.17) is 0 Å². The lowest BCUT2D eigenvalue weighted by Crippen LogP contribution is -2.44. The fourth-order valence-electron chi connectivity index (χ4n) is 3.86. The summed E-state index contributed by atoms with van der Waals surface area (Å²) in [6, 6.07) is 6.45. The highest BCUT2D eigenvalue weighted by atomic mass is 19.1. The number of aromatic nitrogens is 2. The van der Waals surface area contributed by atoms with Gasteiger partial charge in [-0.2, -0.15) is 4.39 Å². The number of amides is 2. The van der Waals surface area contributed by atoms with Gasteiger partial charge in [0.2, 0.25) is 11.9 Å². The van der Waals surface area contributed by atoms with E-state index in [2.05, 4.69) is 9.97 Å². The molecule has 2 aliphatic heterocycles. The summed E-state index contributed by atoms with van der Waals surface area (Å²) >= 11 is 0. The summed E-state index contributed by atoms with van der Waals surface area (Å²) < 4.78 is 13.3. The van der Waals surface area contributed by atoms with Crippen LogP contribution >= 0.6 is 0 Å². The smallest absolute Gasteiger partial charge is 0.254 e. The van der Waals surface area contributed by atoms with E-state index in [0.29, 0.717) is 26.2 Å². The minimum atomic E-state index is -0.675. The molecule has 2 atom stereocenters. The lowest BCUT2D eigenvalue weighted by molar-refractivity contribution is -0.140. The molecule has 2 aromatic heterocycles. The van der Waals surface area contributed by atoms with Crippen molar-refractivity contribution >= 4 is 11.8 Å². The minimum Gasteiger partial charge on any atom is -0.338 e. The molecule has 2 aromatic rings. The normalized spacial score (nSPS) is 22.4. The Morgan fingerprint density at radius 2 is 2.15 bits per heavy atom. The van der Waals surface area contributed by atoms with E-state index in [0.717, 1.165) is 18.1 Å². The molecule has 0 saturated carbocycles. The fourth-order valence-corrected chi connectivity index (χ4v) is 3.86. The Morgan fingerprint density at radius 3 is 2.92 bits per heavy atom. The maximum atomic E-state index is 13.3. The number of hydrogen-bond donors (Lipinski definition) is 0. The van der Waals surface area contributed by atoms with E-state index in [-0.39, 0.29) is 29.2 Å². The fraction of sp³-hybridized carbons (Fsp3) is 0.368. The quantitative estimate of drug-likeness (QED) is 0.788. The standard InChI is InChI=1S/C19H19FN4O2/c20-17-8-14(3-6-22-17)18(25)24-11-15-4-7-23(19(26)16(15)12-24)10-13-2-1-5-21-9-13/h1-3,5-6,8-9,15-16H,4,7,10-12H2/t15-,16-/m0/s1. The first-order chi connectivity index (χ1) is 12.6. The number of nitrogens with zero attached hydrogens (tertiary/aromatic N) is 4. The zero-order valence-electron chi connectivity index (χ0n) is 14.2. The predicted molar refractivity (Wildman–Crippen MR) is 91.3 cm³/mol. The predicted octanol–water partition coefficient (Wildman–Crippen LogP) is 1.74. The van der Waals surface area contributed by atoms with Gasteiger partial charge in [0.1, 0.15) is 0 Å². The van der Waals surface area contributed by atoms with E-state index in [9.17, 15) is 14.0 Å². The number of hydrogen-bond acceptors (Lipinski definition) is 4. The molecule has 2 saturated heterocycles. The summed E-state index contributed by atoms with van der Waals surface area (Å²) in [6.45, 7) is 2.15. The van der Waals surface area contributed by atoms with Gasteiger partial charge in [-0.1, -0.05) is 6.07 Å². The molecule has 2 amide bonds. The van der Waals surface area contributed by atoms with Crippen molar-refractivity contribution in [2.45, 2.75) is 13.0 Å². The van der Waals surface area contributed by atoms with Crippen LogP contribution < -0.4 is 0 Å². The Balaban J connectivity index is 1.45. The van der Waals surface area contributed by atoms with Crippen LogP contribution in [0.15, 0.2) is 42.9 Å². The molecule has 0 unspecified atom stereocenters. The first-order valence-corrected chi connectivity index (χ1v) is 8.70. The number of likely N-dealkylation sites (tertiary alicyclic amines) is 2. The molecule has 0 spiro atoms. The molecule has 0 aliphatic carbocycles. The summed E-state index contributed by atoms with van der Waals surface area (Å²) in [6.07, 6.45) is 5.62. The second-order valence-electron chi connectivity index (χ2n) is 6.85. The van der Waals surface area contributed by atoms with Crippen molar-refractivity contribution in [1.29, 1.82) is 0 Å². The number of carbonyl (C=O) groups excluding carboxylic acids is 2. The maximum absolute atomic E-state index is 13.3. The molecule has 134 valence electrons. The maximum Gasteiger partial charge on any atom is 0.254 e. The van der Waals surface area contributed by atoms with Gasteiger partial charge in [0.25, 0.3) is 5.91 Å². The SMILES string of the molecule is O=C(c1ccnc(F)c1)N1C[C@@H]2CCN(Cc3cccnc3)C(=O)[C@H]2C1. The molecular formula is C19H19FN4O2. The zero-order valence-corrected chi connectivity index (χ0v) is 14.2. The van der Waals surface area contributed by atoms with Gasteiger partial charge < -0.3 is 9.80 Å². The van der Waals surface area contributed by atoms with Crippen molar-refractivity contribution in [2.75, 3.05) is 19.6 Å². The van der Waals surface area contributed by atoms with Gasteiger partial charge in [-0.15, -0.1) is 0 Å². The number of carbonyl (C=O) groups is 2. The zero-order chi connectivity index (χ0) is 18.1. The van der Waals surface area contributed by atoms with E-state index in [1.807, 2.05) is 17.0 Å². The summed E-state index contributed by atoms with van der Waals surface area (Å²) in [5.74, 6) is -0.848. The summed E-state index contributed by atoms with van der Waals surface area (Å²) in [5, 5.41) is 0. The van der Waals surface area contributed by atoms with Gasteiger partial charge >= 0.3 is 0 Å². The molecule has 4 rings (SSSR count). The van der Waals surface area contributed by atoms with Crippen LogP contribution in [-0.2, 0) is 11.3 Å². The van der Waals surface area contributed by atoms with Crippen LogP contribution in [0, 0.1) is 17.8 Å². The van der Waals surface area contributed by atoms with E-state index >= 15 is 0 Å². The topological polar surface area (TPSA) is 66.4 Å². The van der Waals surface area contributed by atoms with Crippen LogP contribution in [0.1, 0.15) is 22.3 Å². The number of rotatable bonds is 3.